The lowest BCUT2D eigenvalue weighted by atomic mass is 10.2. The van der Waals surface area contributed by atoms with Crippen LogP contribution in [0.1, 0.15) is 24.3 Å². The van der Waals surface area contributed by atoms with Crippen LogP contribution in [0, 0.1) is 11.6 Å². The van der Waals surface area contributed by atoms with Gasteiger partial charge in [-0.15, -0.1) is 0 Å². The number of fused-ring (bicyclic) bond motifs is 1. The quantitative estimate of drug-likeness (QED) is 0.645. The van der Waals surface area contributed by atoms with E-state index in [1.807, 2.05) is 0 Å². The van der Waals surface area contributed by atoms with Crippen LogP contribution < -0.4 is 5.32 Å². The summed E-state index contributed by atoms with van der Waals surface area (Å²) in [6.07, 6.45) is 1.09. The normalized spacial score (nSPS) is 11.9. The molecule has 1 amide bonds. The summed E-state index contributed by atoms with van der Waals surface area (Å²) < 4.78 is 51.0. The number of sulfone groups is 1. The number of hydrogen-bond acceptors (Lipinski definition) is 4. The maximum absolute atomic E-state index is 14.2. The van der Waals surface area contributed by atoms with Crippen LogP contribution in [0.5, 0.6) is 0 Å². The first-order chi connectivity index (χ1) is 13.1. The molecule has 2 aromatic carbocycles. The fraction of sp³-hybridized carbons (Fsp3) is 0.211. The second-order valence-corrected chi connectivity index (χ2v) is 9.68. The van der Waals surface area contributed by atoms with Gasteiger partial charge < -0.3 is 10.3 Å². The number of halogens is 2. The maximum Gasteiger partial charge on any atom is 0.269 e. The molecule has 0 bridgehead atoms. The van der Waals surface area contributed by atoms with Crippen molar-refractivity contribution in [3.63, 3.8) is 0 Å². The minimum Gasteiger partial charge on any atom is -0.350 e. The first-order valence-corrected chi connectivity index (χ1v) is 11.1. The summed E-state index contributed by atoms with van der Waals surface area (Å²) in [5.74, 6) is -1.85. The summed E-state index contributed by atoms with van der Waals surface area (Å²) in [7, 11) is -3.44. The lowest BCUT2D eigenvalue weighted by molar-refractivity contribution is 0.0936. The van der Waals surface area contributed by atoms with Crippen molar-refractivity contribution in [2.24, 2.45) is 0 Å². The predicted octanol–water partition coefficient (Wildman–Crippen LogP) is 4.14. The highest BCUT2D eigenvalue weighted by molar-refractivity contribution is 7.99. The molecular weight excluding hydrogens is 406 g/mol. The van der Waals surface area contributed by atoms with Gasteiger partial charge in [0.1, 0.15) is 17.3 Å². The number of carbonyl (C=O) groups is 1. The van der Waals surface area contributed by atoms with Gasteiger partial charge in [0.2, 0.25) is 0 Å². The Morgan fingerprint density at radius 3 is 2.46 bits per heavy atom. The van der Waals surface area contributed by atoms with E-state index in [1.54, 1.807) is 19.9 Å². The first kappa shape index (κ1) is 20.3. The Balaban J connectivity index is 2.17. The number of nitrogens with one attached hydrogen (secondary N) is 2. The summed E-state index contributed by atoms with van der Waals surface area (Å²) in [5, 5.41) is 3.32. The molecule has 0 radical (unpaired) electrons. The number of carbonyl (C=O) groups excluding carboxylic acids is 1. The molecule has 0 fully saturated rings. The van der Waals surface area contributed by atoms with E-state index in [0.29, 0.717) is 15.8 Å². The summed E-state index contributed by atoms with van der Waals surface area (Å²) in [5.41, 5.74) is 0.616. The third-order valence-corrected chi connectivity index (χ3v) is 6.19. The van der Waals surface area contributed by atoms with Crippen LogP contribution in [0.25, 0.3) is 10.9 Å². The molecule has 1 heterocycles. The largest absolute Gasteiger partial charge is 0.350 e. The molecule has 3 rings (SSSR count). The van der Waals surface area contributed by atoms with Gasteiger partial charge in [0, 0.05) is 34.2 Å². The van der Waals surface area contributed by atoms with Crippen molar-refractivity contribution in [2.75, 3.05) is 6.26 Å². The highest BCUT2D eigenvalue weighted by atomic mass is 32.2. The van der Waals surface area contributed by atoms with Gasteiger partial charge in [-0.1, -0.05) is 17.8 Å². The zero-order chi connectivity index (χ0) is 20.6. The Labute approximate surface area is 165 Å². The molecule has 28 heavy (non-hydrogen) atoms. The van der Waals surface area contributed by atoms with E-state index < -0.39 is 27.4 Å². The number of H-pyrrole nitrogens is 1. The average Bonchev–Trinajstić information content (AvgIpc) is 2.94. The van der Waals surface area contributed by atoms with Gasteiger partial charge in [-0.05, 0) is 38.1 Å². The fourth-order valence-electron chi connectivity index (χ4n) is 2.65. The van der Waals surface area contributed by atoms with Crippen LogP contribution in [-0.2, 0) is 9.84 Å². The fourth-order valence-corrected chi connectivity index (χ4v) is 4.34. The van der Waals surface area contributed by atoms with Crippen LogP contribution >= 0.6 is 11.8 Å². The summed E-state index contributed by atoms with van der Waals surface area (Å²) in [6, 6.07) is 7.50. The summed E-state index contributed by atoms with van der Waals surface area (Å²) in [4.78, 5) is 16.2. The van der Waals surface area contributed by atoms with Crippen molar-refractivity contribution < 1.29 is 22.0 Å². The highest BCUT2D eigenvalue weighted by Gasteiger charge is 2.22. The van der Waals surface area contributed by atoms with Crippen molar-refractivity contribution in [3.05, 3.63) is 53.7 Å². The smallest absolute Gasteiger partial charge is 0.269 e. The zero-order valence-corrected chi connectivity index (χ0v) is 17.0. The molecule has 3 aromatic rings. The summed E-state index contributed by atoms with van der Waals surface area (Å²) in [6.45, 7) is 3.60. The van der Waals surface area contributed by atoms with Crippen LogP contribution in [0.2, 0.25) is 0 Å². The molecule has 0 atom stereocenters. The molecule has 148 valence electrons. The van der Waals surface area contributed by atoms with Crippen LogP contribution in [-0.4, -0.2) is 31.6 Å². The van der Waals surface area contributed by atoms with E-state index in [-0.39, 0.29) is 21.5 Å². The number of aromatic nitrogens is 1. The highest BCUT2D eigenvalue weighted by Crippen LogP contribution is 2.38. The molecule has 0 aliphatic heterocycles. The third kappa shape index (κ3) is 4.20. The lowest BCUT2D eigenvalue weighted by Crippen LogP contribution is -2.30. The molecule has 0 spiro atoms. The van der Waals surface area contributed by atoms with Gasteiger partial charge in [-0.25, -0.2) is 17.2 Å². The third-order valence-electron chi connectivity index (χ3n) is 3.90. The second kappa shape index (κ2) is 7.56. The Bertz CT molecular complexity index is 1170. The molecule has 0 aliphatic rings. The van der Waals surface area contributed by atoms with Gasteiger partial charge in [-0.3, -0.25) is 4.79 Å². The van der Waals surface area contributed by atoms with Gasteiger partial charge >= 0.3 is 0 Å². The molecular formula is C19H18F2N2O3S2. The van der Waals surface area contributed by atoms with Crippen molar-refractivity contribution >= 4 is 38.4 Å². The zero-order valence-electron chi connectivity index (χ0n) is 15.3. The monoisotopic (exact) mass is 424 g/mol. The topological polar surface area (TPSA) is 79.0 Å². The second-order valence-electron chi connectivity index (χ2n) is 6.61. The van der Waals surface area contributed by atoms with Crippen LogP contribution in [0.4, 0.5) is 8.78 Å². The standard InChI is InChI=1S/C19H18F2N2O3S2/c1-10(2)22-19(24)17-18(27-16-7-4-11(20)8-14(16)21)13-6-5-12(28(3,25)26)9-15(13)23-17/h4-10,23H,1-3H3,(H,22,24). The molecule has 0 aliphatic carbocycles. The van der Waals surface area contributed by atoms with Crippen LogP contribution in [0.3, 0.4) is 0 Å². The molecule has 0 saturated carbocycles. The average molecular weight is 424 g/mol. The molecule has 2 N–H and O–H groups in total. The lowest BCUT2D eigenvalue weighted by Gasteiger charge is -2.09. The minimum atomic E-state index is -3.44. The predicted molar refractivity (Wildman–Crippen MR) is 104 cm³/mol. The number of aromatic amines is 1. The van der Waals surface area contributed by atoms with Crippen molar-refractivity contribution in [2.45, 2.75) is 34.6 Å². The number of hydrogen-bond donors (Lipinski definition) is 2. The van der Waals surface area contributed by atoms with Crippen molar-refractivity contribution in [3.8, 4) is 0 Å². The van der Waals surface area contributed by atoms with E-state index in [0.717, 1.165) is 30.2 Å². The van der Waals surface area contributed by atoms with Gasteiger partial charge in [0.05, 0.1) is 9.79 Å². The maximum atomic E-state index is 14.2. The van der Waals surface area contributed by atoms with Gasteiger partial charge in [0.25, 0.3) is 5.91 Å². The minimum absolute atomic E-state index is 0.0987. The molecule has 0 unspecified atom stereocenters. The van der Waals surface area contributed by atoms with Crippen molar-refractivity contribution in [1.29, 1.82) is 0 Å². The number of amides is 1. The van der Waals surface area contributed by atoms with Gasteiger partial charge in [-0.2, -0.15) is 0 Å². The Morgan fingerprint density at radius 2 is 1.86 bits per heavy atom. The van der Waals surface area contributed by atoms with E-state index in [4.69, 9.17) is 0 Å². The van der Waals surface area contributed by atoms with E-state index in [2.05, 4.69) is 10.3 Å². The SMILES string of the molecule is CC(C)NC(=O)c1[nH]c2cc(S(C)(=O)=O)ccc2c1Sc1ccc(F)cc1F. The molecule has 5 nitrogen and oxygen atoms in total. The Hall–Kier alpha value is -2.39. The van der Waals surface area contributed by atoms with Crippen LogP contribution in [0.15, 0.2) is 51.1 Å². The summed E-state index contributed by atoms with van der Waals surface area (Å²) >= 11 is 0.971. The van der Waals surface area contributed by atoms with Crippen molar-refractivity contribution in [1.82, 2.24) is 10.3 Å². The molecule has 0 saturated heterocycles. The molecule has 9 heteroatoms. The Kier molecular flexibility index (Phi) is 5.49. The van der Waals surface area contributed by atoms with Gasteiger partial charge in [0.15, 0.2) is 9.84 Å². The van der Waals surface area contributed by atoms with E-state index >= 15 is 0 Å². The number of benzene rings is 2. The number of rotatable bonds is 5. The Morgan fingerprint density at radius 1 is 1.14 bits per heavy atom. The van der Waals surface area contributed by atoms with E-state index in [1.165, 1.54) is 18.2 Å². The molecule has 1 aromatic heterocycles. The van der Waals surface area contributed by atoms with E-state index in [9.17, 15) is 22.0 Å². The first-order valence-electron chi connectivity index (χ1n) is 8.36.